The number of carbonyl (C=O) groups excluding carboxylic acids is 1. The van der Waals surface area contributed by atoms with Crippen molar-refractivity contribution in [3.8, 4) is 0 Å². The average Bonchev–Trinajstić information content (AvgIpc) is 3.39. The summed E-state index contributed by atoms with van der Waals surface area (Å²) in [5.74, 6) is 8.26. The molecule has 0 aliphatic heterocycles. The molecule has 0 spiro atoms. The van der Waals surface area contributed by atoms with Crippen molar-refractivity contribution in [2.45, 2.75) is 43.0 Å². The van der Waals surface area contributed by atoms with Gasteiger partial charge in [0.1, 0.15) is 16.7 Å². The summed E-state index contributed by atoms with van der Waals surface area (Å²) in [6.07, 6.45) is 4.98. The van der Waals surface area contributed by atoms with Crippen LogP contribution in [0.5, 0.6) is 0 Å². The Morgan fingerprint density at radius 2 is 2.29 bits per heavy atom. The zero-order valence-electron chi connectivity index (χ0n) is 12.1. The van der Waals surface area contributed by atoms with Crippen molar-refractivity contribution in [1.29, 1.82) is 0 Å². The zero-order valence-corrected chi connectivity index (χ0v) is 12.9. The summed E-state index contributed by atoms with van der Waals surface area (Å²) in [5, 5.41) is 0.927. The fourth-order valence-corrected chi connectivity index (χ4v) is 3.47. The maximum absolute atomic E-state index is 11.4. The molecule has 3 N–H and O–H groups in total. The fraction of sp³-hybridized carbons (Fsp3) is 0.643. The highest BCUT2D eigenvalue weighted by Crippen LogP contribution is 2.52. The van der Waals surface area contributed by atoms with E-state index in [1.165, 1.54) is 7.11 Å². The van der Waals surface area contributed by atoms with Gasteiger partial charge >= 0.3 is 5.97 Å². The molecule has 0 unspecified atom stereocenters. The molecular formula is C14H20N4O2S. The number of nitrogens with two attached hydrogens (primary N) is 1. The summed E-state index contributed by atoms with van der Waals surface area (Å²) in [4.78, 5) is 20.5. The molecular weight excluding hydrogens is 288 g/mol. The van der Waals surface area contributed by atoms with Crippen LogP contribution in [-0.4, -0.2) is 28.8 Å². The molecule has 0 amide bonds. The van der Waals surface area contributed by atoms with Gasteiger partial charge in [0.15, 0.2) is 0 Å². The summed E-state index contributed by atoms with van der Waals surface area (Å²) in [6.45, 7) is 0. The first-order valence-corrected chi connectivity index (χ1v) is 8.18. The third kappa shape index (κ3) is 3.65. The van der Waals surface area contributed by atoms with Crippen molar-refractivity contribution in [3.05, 3.63) is 11.9 Å². The van der Waals surface area contributed by atoms with Crippen LogP contribution in [0.1, 0.15) is 43.8 Å². The topological polar surface area (TPSA) is 90.1 Å². The number of esters is 1. The molecule has 1 heterocycles. The first-order chi connectivity index (χ1) is 10.1. The SMILES string of the molecule is COC(=O)CC1(CSc2cc(NN)nc(C3CC3)n2)CC1. The molecule has 0 saturated heterocycles. The Kier molecular flexibility index (Phi) is 4.03. The van der Waals surface area contributed by atoms with Crippen molar-refractivity contribution < 1.29 is 9.53 Å². The highest BCUT2D eigenvalue weighted by atomic mass is 32.2. The molecule has 114 valence electrons. The zero-order chi connectivity index (χ0) is 14.9. The quantitative estimate of drug-likeness (QED) is 0.262. The number of rotatable bonds is 7. The summed E-state index contributed by atoms with van der Waals surface area (Å²) < 4.78 is 4.77. The maximum Gasteiger partial charge on any atom is 0.306 e. The average molecular weight is 308 g/mol. The first kappa shape index (κ1) is 14.6. The van der Waals surface area contributed by atoms with Gasteiger partial charge in [-0.25, -0.2) is 15.8 Å². The van der Waals surface area contributed by atoms with Crippen molar-refractivity contribution in [3.63, 3.8) is 0 Å². The van der Waals surface area contributed by atoms with Crippen LogP contribution in [-0.2, 0) is 9.53 Å². The van der Waals surface area contributed by atoms with Crippen LogP contribution >= 0.6 is 11.8 Å². The van der Waals surface area contributed by atoms with E-state index in [9.17, 15) is 4.79 Å². The van der Waals surface area contributed by atoms with Crippen LogP contribution in [0.2, 0.25) is 0 Å². The predicted octanol–water partition coefficient (Wildman–Crippen LogP) is 2.07. The molecule has 2 fully saturated rings. The van der Waals surface area contributed by atoms with Crippen LogP contribution < -0.4 is 11.3 Å². The smallest absolute Gasteiger partial charge is 0.306 e. The summed E-state index contributed by atoms with van der Waals surface area (Å²) in [7, 11) is 1.44. The molecule has 1 aromatic heterocycles. The molecule has 2 saturated carbocycles. The van der Waals surface area contributed by atoms with Crippen molar-refractivity contribution >= 4 is 23.5 Å². The monoisotopic (exact) mass is 308 g/mol. The largest absolute Gasteiger partial charge is 0.469 e. The lowest BCUT2D eigenvalue weighted by molar-refractivity contribution is -0.141. The molecule has 2 aliphatic rings. The number of nitrogens with zero attached hydrogens (tertiary/aromatic N) is 2. The Labute approximate surface area is 128 Å². The summed E-state index contributed by atoms with van der Waals surface area (Å²) >= 11 is 1.68. The van der Waals surface area contributed by atoms with E-state index in [0.29, 0.717) is 18.2 Å². The second-order valence-corrected chi connectivity index (χ2v) is 6.91. The maximum atomic E-state index is 11.4. The number of thioether (sulfide) groups is 1. The van der Waals surface area contributed by atoms with Crippen molar-refractivity contribution in [1.82, 2.24) is 9.97 Å². The number of anilines is 1. The number of nitrogens with one attached hydrogen (secondary N) is 1. The minimum absolute atomic E-state index is 0.0960. The number of hydrazine groups is 1. The van der Waals surface area contributed by atoms with E-state index >= 15 is 0 Å². The standard InChI is InChI=1S/C14H20N4O2S/c1-20-12(19)7-14(4-5-14)8-21-11-6-10(18-15)16-13(17-11)9-2-3-9/h6,9H,2-5,7-8,15H2,1H3,(H,16,17,18). The minimum Gasteiger partial charge on any atom is -0.469 e. The number of carbonyl (C=O) groups is 1. The van der Waals surface area contributed by atoms with Crippen LogP contribution in [0, 0.1) is 5.41 Å². The minimum atomic E-state index is -0.126. The van der Waals surface area contributed by atoms with Crippen LogP contribution in [0.4, 0.5) is 5.82 Å². The number of ether oxygens (including phenoxy) is 1. The van der Waals surface area contributed by atoms with E-state index in [1.807, 2.05) is 6.07 Å². The molecule has 7 heteroatoms. The van der Waals surface area contributed by atoms with Crippen molar-refractivity contribution in [2.24, 2.45) is 11.3 Å². The van der Waals surface area contributed by atoms with E-state index in [-0.39, 0.29) is 11.4 Å². The van der Waals surface area contributed by atoms with Gasteiger partial charge in [-0.05, 0) is 31.1 Å². The number of nitrogen functional groups attached to an aromatic ring is 1. The second kappa shape index (κ2) is 5.81. The van der Waals surface area contributed by atoms with E-state index < -0.39 is 0 Å². The van der Waals surface area contributed by atoms with E-state index in [1.54, 1.807) is 11.8 Å². The van der Waals surface area contributed by atoms with Gasteiger partial charge < -0.3 is 10.2 Å². The molecule has 1 aromatic rings. The number of methoxy groups -OCH3 is 1. The Hall–Kier alpha value is -1.34. The Balaban J connectivity index is 1.64. The van der Waals surface area contributed by atoms with E-state index in [2.05, 4.69) is 15.4 Å². The summed E-state index contributed by atoms with van der Waals surface area (Å²) in [5.41, 5.74) is 2.70. The lowest BCUT2D eigenvalue weighted by atomic mass is 10.1. The predicted molar refractivity (Wildman–Crippen MR) is 80.8 cm³/mol. The second-order valence-electron chi connectivity index (χ2n) is 5.91. The van der Waals surface area contributed by atoms with Gasteiger partial charge in [-0.1, -0.05) is 0 Å². The Bertz CT molecular complexity index is 544. The first-order valence-electron chi connectivity index (χ1n) is 7.19. The number of hydrogen-bond acceptors (Lipinski definition) is 7. The fourth-order valence-electron chi connectivity index (χ4n) is 2.27. The highest BCUT2D eigenvalue weighted by molar-refractivity contribution is 7.99. The lowest BCUT2D eigenvalue weighted by Crippen LogP contribution is -2.14. The van der Waals surface area contributed by atoms with Gasteiger partial charge in [-0.3, -0.25) is 4.79 Å². The highest BCUT2D eigenvalue weighted by Gasteiger charge is 2.44. The molecule has 0 atom stereocenters. The van der Waals surface area contributed by atoms with Gasteiger partial charge in [0.2, 0.25) is 0 Å². The lowest BCUT2D eigenvalue weighted by Gasteiger charge is -2.13. The van der Waals surface area contributed by atoms with Crippen LogP contribution in [0.25, 0.3) is 0 Å². The van der Waals surface area contributed by atoms with Crippen LogP contribution in [0.3, 0.4) is 0 Å². The van der Waals surface area contributed by atoms with Gasteiger partial charge in [-0.2, -0.15) is 0 Å². The normalized spacial score (nSPS) is 19.1. The molecule has 21 heavy (non-hydrogen) atoms. The van der Waals surface area contributed by atoms with Gasteiger partial charge in [0.25, 0.3) is 0 Å². The third-order valence-corrected chi connectivity index (χ3v) is 5.30. The van der Waals surface area contributed by atoms with Gasteiger partial charge in [-0.15, -0.1) is 11.8 Å². The summed E-state index contributed by atoms with van der Waals surface area (Å²) in [6, 6.07) is 1.87. The number of hydrogen-bond donors (Lipinski definition) is 2. The van der Waals surface area contributed by atoms with Gasteiger partial charge in [0, 0.05) is 17.7 Å². The molecule has 0 radical (unpaired) electrons. The van der Waals surface area contributed by atoms with E-state index in [0.717, 1.165) is 42.3 Å². The third-order valence-electron chi connectivity index (χ3n) is 4.04. The van der Waals surface area contributed by atoms with Gasteiger partial charge in [0.05, 0.1) is 13.5 Å². The van der Waals surface area contributed by atoms with E-state index in [4.69, 9.17) is 10.6 Å². The Morgan fingerprint density at radius 1 is 1.52 bits per heavy atom. The Morgan fingerprint density at radius 3 is 2.86 bits per heavy atom. The molecule has 3 rings (SSSR count). The molecule has 2 aliphatic carbocycles. The molecule has 0 aromatic carbocycles. The number of aromatic nitrogens is 2. The van der Waals surface area contributed by atoms with Crippen molar-refractivity contribution in [2.75, 3.05) is 18.3 Å². The van der Waals surface area contributed by atoms with Crippen LogP contribution in [0.15, 0.2) is 11.1 Å². The molecule has 0 bridgehead atoms. The molecule has 6 nitrogen and oxygen atoms in total.